The second-order valence-electron chi connectivity index (χ2n) is 8.13. The van der Waals surface area contributed by atoms with Gasteiger partial charge in [-0.2, -0.15) is 0 Å². The van der Waals surface area contributed by atoms with Gasteiger partial charge in [-0.1, -0.05) is 11.6 Å². The maximum atomic E-state index is 12.7. The molecule has 0 saturated carbocycles. The monoisotopic (exact) mass is 407 g/mol. The first kappa shape index (κ1) is 21.1. The number of aliphatic hydroxyl groups is 1. The van der Waals surface area contributed by atoms with Gasteiger partial charge in [0.25, 0.3) is 5.91 Å². The van der Waals surface area contributed by atoms with Gasteiger partial charge in [0.1, 0.15) is 0 Å². The number of nitrogens with zero attached hydrogens (tertiary/aromatic N) is 2. The van der Waals surface area contributed by atoms with Crippen LogP contribution in [0.4, 0.5) is 0 Å². The fraction of sp³-hybridized carbons (Fsp3) is 0.619. The first-order chi connectivity index (χ1) is 13.3. The lowest BCUT2D eigenvalue weighted by atomic mass is 9.93. The van der Waals surface area contributed by atoms with Crippen molar-refractivity contribution in [2.45, 2.75) is 50.7 Å². The van der Waals surface area contributed by atoms with E-state index in [-0.39, 0.29) is 17.9 Å². The molecule has 1 atom stereocenters. The van der Waals surface area contributed by atoms with Crippen molar-refractivity contribution >= 4 is 23.4 Å². The molecule has 1 aromatic carbocycles. The maximum absolute atomic E-state index is 12.7. The Labute approximate surface area is 171 Å². The van der Waals surface area contributed by atoms with Gasteiger partial charge in [0.2, 0.25) is 5.91 Å². The molecule has 28 heavy (non-hydrogen) atoms. The quantitative estimate of drug-likeness (QED) is 0.803. The molecule has 2 aliphatic heterocycles. The van der Waals surface area contributed by atoms with Gasteiger partial charge < -0.3 is 20.2 Å². The highest BCUT2D eigenvalue weighted by atomic mass is 35.5. The van der Waals surface area contributed by atoms with Crippen LogP contribution in [0.5, 0.6) is 0 Å². The molecular weight excluding hydrogens is 378 g/mol. The van der Waals surface area contributed by atoms with E-state index >= 15 is 0 Å². The van der Waals surface area contributed by atoms with Crippen LogP contribution >= 0.6 is 11.6 Å². The molecule has 2 heterocycles. The zero-order valence-electron chi connectivity index (χ0n) is 16.5. The largest absolute Gasteiger partial charge is 0.388 e. The Balaban J connectivity index is 1.52. The second kappa shape index (κ2) is 9.25. The zero-order valence-corrected chi connectivity index (χ0v) is 17.2. The summed E-state index contributed by atoms with van der Waals surface area (Å²) in [6.45, 7) is 5.15. The van der Waals surface area contributed by atoms with Crippen molar-refractivity contribution in [3.63, 3.8) is 0 Å². The summed E-state index contributed by atoms with van der Waals surface area (Å²) in [7, 11) is 0. The lowest BCUT2D eigenvalue weighted by Gasteiger charge is -2.38. The molecule has 2 saturated heterocycles. The second-order valence-corrected chi connectivity index (χ2v) is 8.56. The van der Waals surface area contributed by atoms with E-state index in [2.05, 4.69) is 10.2 Å². The minimum Gasteiger partial charge on any atom is -0.388 e. The van der Waals surface area contributed by atoms with E-state index < -0.39 is 5.60 Å². The molecule has 0 aromatic heterocycles. The third kappa shape index (κ3) is 5.69. The molecule has 6 nitrogen and oxygen atoms in total. The number of hydrogen-bond donors (Lipinski definition) is 2. The first-order valence-electron chi connectivity index (χ1n) is 10.1. The Morgan fingerprint density at radius 1 is 1.14 bits per heavy atom. The summed E-state index contributed by atoms with van der Waals surface area (Å²) >= 11 is 5.91. The Bertz CT molecular complexity index is 689. The molecule has 0 bridgehead atoms. The number of β-amino-alcohol motifs (C(OH)–C–C–N with tert-alkyl or cyclic N) is 1. The average molecular weight is 408 g/mol. The highest BCUT2D eigenvalue weighted by Gasteiger charge is 2.34. The summed E-state index contributed by atoms with van der Waals surface area (Å²) in [5.74, 6) is 0.0170. The van der Waals surface area contributed by atoms with Gasteiger partial charge in [0.15, 0.2) is 0 Å². The number of likely N-dealkylation sites (tertiary alicyclic amines) is 2. The number of nitrogens with one attached hydrogen (secondary N) is 1. The predicted molar refractivity (Wildman–Crippen MR) is 109 cm³/mol. The predicted octanol–water partition coefficient (Wildman–Crippen LogP) is 2.30. The van der Waals surface area contributed by atoms with Crippen molar-refractivity contribution in [1.29, 1.82) is 0 Å². The van der Waals surface area contributed by atoms with Gasteiger partial charge in [-0.25, -0.2) is 0 Å². The van der Waals surface area contributed by atoms with Crippen LogP contribution < -0.4 is 5.32 Å². The van der Waals surface area contributed by atoms with Gasteiger partial charge in [0.05, 0.1) is 5.60 Å². The Hall–Kier alpha value is -1.63. The van der Waals surface area contributed by atoms with Crippen LogP contribution in [0.15, 0.2) is 24.3 Å². The molecular formula is C21H30ClN3O3. The number of piperidine rings is 1. The minimum absolute atomic E-state index is 0.00274. The van der Waals surface area contributed by atoms with Gasteiger partial charge in [-0.15, -0.1) is 0 Å². The van der Waals surface area contributed by atoms with Crippen molar-refractivity contribution in [2.24, 2.45) is 0 Å². The fourth-order valence-corrected chi connectivity index (χ4v) is 4.38. The normalized spacial score (nSPS) is 24.6. The van der Waals surface area contributed by atoms with E-state index in [9.17, 15) is 14.7 Å². The molecule has 2 amide bonds. The highest BCUT2D eigenvalue weighted by Crippen LogP contribution is 2.26. The van der Waals surface area contributed by atoms with E-state index in [1.54, 1.807) is 31.2 Å². The highest BCUT2D eigenvalue weighted by molar-refractivity contribution is 6.30. The maximum Gasteiger partial charge on any atom is 0.253 e. The number of carbonyl (C=O) groups is 2. The smallest absolute Gasteiger partial charge is 0.253 e. The van der Waals surface area contributed by atoms with Gasteiger partial charge in [-0.3, -0.25) is 9.59 Å². The molecule has 0 radical (unpaired) electrons. The van der Waals surface area contributed by atoms with Crippen LogP contribution in [-0.4, -0.2) is 71.1 Å². The average Bonchev–Trinajstić information content (AvgIpc) is 2.85. The summed E-state index contributed by atoms with van der Waals surface area (Å²) in [6, 6.07) is 7.20. The molecule has 2 fully saturated rings. The van der Waals surface area contributed by atoms with E-state index in [1.807, 2.05) is 4.90 Å². The summed E-state index contributed by atoms with van der Waals surface area (Å²) in [6.07, 6.45) is 3.90. The molecule has 0 aliphatic carbocycles. The molecule has 0 unspecified atom stereocenters. The SMILES string of the molecule is CC(=O)NC1CCN(C[C@@]2(O)CCCN(C(=O)c3ccc(Cl)cc3)CC2)CC1. The molecule has 2 N–H and O–H groups in total. The molecule has 7 heteroatoms. The standard InChI is InChI=1S/C21H30ClN3O3/c1-16(26)23-19-7-12-24(13-8-19)15-21(28)9-2-11-25(14-10-21)20(27)17-3-5-18(22)6-4-17/h3-6,19,28H,2,7-15H2,1H3,(H,23,26)/t21-/m1/s1. The molecule has 154 valence electrons. The third-order valence-corrected chi connectivity index (χ3v) is 6.06. The first-order valence-corrected chi connectivity index (χ1v) is 10.5. The zero-order chi connectivity index (χ0) is 20.1. The summed E-state index contributed by atoms with van der Waals surface area (Å²) in [5.41, 5.74) is -0.134. The Kier molecular flexibility index (Phi) is 6.96. The van der Waals surface area contributed by atoms with Gasteiger partial charge in [0, 0.05) is 56.3 Å². The number of amides is 2. The molecule has 3 rings (SSSR count). The van der Waals surface area contributed by atoms with Crippen LogP contribution in [0, 0.1) is 0 Å². The number of carbonyl (C=O) groups excluding carboxylic acids is 2. The number of benzene rings is 1. The third-order valence-electron chi connectivity index (χ3n) is 5.81. The molecule has 0 spiro atoms. The van der Waals surface area contributed by atoms with Crippen molar-refractivity contribution in [3.8, 4) is 0 Å². The summed E-state index contributed by atoms with van der Waals surface area (Å²) in [4.78, 5) is 28.1. The number of halogens is 1. The van der Waals surface area contributed by atoms with Crippen LogP contribution in [0.25, 0.3) is 0 Å². The van der Waals surface area contributed by atoms with E-state index in [4.69, 9.17) is 11.6 Å². The minimum atomic E-state index is -0.768. The summed E-state index contributed by atoms with van der Waals surface area (Å²) < 4.78 is 0. The number of rotatable bonds is 4. The number of hydrogen-bond acceptors (Lipinski definition) is 4. The lowest BCUT2D eigenvalue weighted by molar-refractivity contribution is -0.120. The van der Waals surface area contributed by atoms with Gasteiger partial charge in [-0.05, 0) is 56.4 Å². The molecule has 2 aliphatic rings. The van der Waals surface area contributed by atoms with Crippen molar-refractivity contribution < 1.29 is 14.7 Å². The van der Waals surface area contributed by atoms with Crippen LogP contribution in [0.3, 0.4) is 0 Å². The Morgan fingerprint density at radius 2 is 1.82 bits per heavy atom. The lowest BCUT2D eigenvalue weighted by Crippen LogP contribution is -2.50. The van der Waals surface area contributed by atoms with E-state index in [0.29, 0.717) is 43.1 Å². The van der Waals surface area contributed by atoms with Crippen LogP contribution in [0.1, 0.15) is 49.4 Å². The van der Waals surface area contributed by atoms with Crippen molar-refractivity contribution in [2.75, 3.05) is 32.7 Å². The topological polar surface area (TPSA) is 72.9 Å². The fourth-order valence-electron chi connectivity index (χ4n) is 4.25. The van der Waals surface area contributed by atoms with E-state index in [1.165, 1.54) is 0 Å². The van der Waals surface area contributed by atoms with E-state index in [0.717, 1.165) is 32.4 Å². The van der Waals surface area contributed by atoms with Crippen molar-refractivity contribution in [3.05, 3.63) is 34.9 Å². The van der Waals surface area contributed by atoms with Crippen LogP contribution in [-0.2, 0) is 4.79 Å². The molecule has 1 aromatic rings. The van der Waals surface area contributed by atoms with Gasteiger partial charge >= 0.3 is 0 Å². The Morgan fingerprint density at radius 3 is 2.46 bits per heavy atom. The van der Waals surface area contributed by atoms with Crippen LogP contribution in [0.2, 0.25) is 5.02 Å². The van der Waals surface area contributed by atoms with Crippen molar-refractivity contribution in [1.82, 2.24) is 15.1 Å². The summed E-state index contributed by atoms with van der Waals surface area (Å²) in [5, 5.41) is 14.8.